The molecule has 0 aliphatic rings. The molecule has 0 aliphatic heterocycles. The molecule has 4 rings (SSSR count). The van der Waals surface area contributed by atoms with Crippen LogP contribution in [0.2, 0.25) is 0 Å². The molecule has 0 bridgehead atoms. The molecule has 0 spiro atoms. The fourth-order valence-corrected chi connectivity index (χ4v) is 6.99. The first-order valence-corrected chi connectivity index (χ1v) is 21.2. The van der Waals surface area contributed by atoms with Crippen molar-refractivity contribution < 1.29 is 61.4 Å². The zero-order valence-corrected chi connectivity index (χ0v) is 31.1. The van der Waals surface area contributed by atoms with Crippen LogP contribution in [0.25, 0.3) is 10.8 Å². The summed E-state index contributed by atoms with van der Waals surface area (Å²) in [4.78, 5) is -1.54. The molecule has 0 fully saturated rings. The predicted octanol–water partition coefficient (Wildman–Crippen LogP) is 5.68. The average Bonchev–Trinajstić information content (AvgIpc) is 3.03. The van der Waals surface area contributed by atoms with Crippen LogP contribution in [0.5, 0.6) is 11.5 Å². The molecule has 0 saturated heterocycles. The lowest BCUT2D eigenvalue weighted by atomic mass is 10.1. The third kappa shape index (κ3) is 11.9. The quantitative estimate of drug-likeness (QED) is 0.0393. The first-order chi connectivity index (χ1) is 24.5. The van der Waals surface area contributed by atoms with Gasteiger partial charge in [-0.2, -0.15) is 49.0 Å². The topological polar surface area (TPSA) is 311 Å². The van der Waals surface area contributed by atoms with E-state index < -0.39 is 61.8 Å². The first kappa shape index (κ1) is 41.1. The van der Waals surface area contributed by atoms with Crippen molar-refractivity contribution in [1.82, 2.24) is 0 Å². The van der Waals surface area contributed by atoms with Gasteiger partial charge in [0.1, 0.15) is 22.1 Å². The Morgan fingerprint density at radius 3 is 1.70 bits per heavy atom. The Balaban J connectivity index is 1.69. The Kier molecular flexibility index (Phi) is 12.6. The summed E-state index contributed by atoms with van der Waals surface area (Å²) in [6, 6.07) is 11.5. The number of benzene rings is 4. The number of nitrogens with zero attached hydrogens (tertiary/aromatic N) is 4. The minimum absolute atomic E-state index is 0.00535. The fourth-order valence-electron chi connectivity index (χ4n) is 4.67. The summed E-state index contributed by atoms with van der Waals surface area (Å²) < 4.78 is 140. The van der Waals surface area contributed by atoms with E-state index in [-0.39, 0.29) is 71.1 Å². The van der Waals surface area contributed by atoms with E-state index in [1.165, 1.54) is 36.4 Å². The summed E-state index contributed by atoms with van der Waals surface area (Å²) in [7, 11) is -18.2. The van der Waals surface area contributed by atoms with Gasteiger partial charge >= 0.3 is 0 Å². The smallest absolute Gasteiger partial charge is 0.295 e. The molecule has 53 heavy (non-hydrogen) atoms. The van der Waals surface area contributed by atoms with Crippen LogP contribution in [0.15, 0.2) is 84.8 Å². The number of nitrogens with two attached hydrogens (primary N) is 1. The summed E-state index contributed by atoms with van der Waals surface area (Å²) in [5.74, 6) is -0.836. The summed E-state index contributed by atoms with van der Waals surface area (Å²) >= 11 is 0. The van der Waals surface area contributed by atoms with Crippen molar-refractivity contribution in [2.24, 2.45) is 20.5 Å². The Labute approximate surface area is 304 Å². The van der Waals surface area contributed by atoms with Crippen LogP contribution >= 0.6 is 0 Å². The molecule has 6 N–H and O–H groups in total. The largest absolute Gasteiger partial charge is 0.491 e. The standard InChI is InChI=1S/C30H33N5O14S4/c1-18-11-24(31)28(48-7-3-9-50(36,37)38)16-25(18)34-35-27-12-19(2)26(17-29(27)49-8-4-10-51(39,40)41)33-32-21-6-5-20-13-22(52(42,43)44)15-30(23(20)14-21)53(45,46)47/h5-6,11-17H,3-4,7-10,31H2,1-2H3,(H,36,37,38)(H,39,40,41)(H,42,43,44)(H,45,46,47). The van der Waals surface area contributed by atoms with Gasteiger partial charge in [0, 0.05) is 17.5 Å². The van der Waals surface area contributed by atoms with E-state index in [9.17, 15) is 42.8 Å². The molecule has 0 saturated carbocycles. The second-order valence-corrected chi connectivity index (χ2v) is 17.4. The van der Waals surface area contributed by atoms with Crippen molar-refractivity contribution in [2.75, 3.05) is 30.5 Å². The van der Waals surface area contributed by atoms with Gasteiger partial charge < -0.3 is 15.2 Å². The van der Waals surface area contributed by atoms with E-state index in [0.29, 0.717) is 22.9 Å². The maximum Gasteiger partial charge on any atom is 0.295 e. The van der Waals surface area contributed by atoms with Gasteiger partial charge in [-0.1, -0.05) is 6.07 Å². The number of nitrogen functional groups attached to an aromatic ring is 1. The van der Waals surface area contributed by atoms with Crippen LogP contribution in [-0.4, -0.2) is 76.6 Å². The van der Waals surface area contributed by atoms with Crippen LogP contribution in [0.3, 0.4) is 0 Å². The third-order valence-electron chi connectivity index (χ3n) is 7.20. The molecule has 0 unspecified atom stereocenters. The van der Waals surface area contributed by atoms with E-state index in [0.717, 1.165) is 6.07 Å². The SMILES string of the molecule is Cc1cc(N=Nc2cc(OCCCS(=O)(=O)O)c(N)cc2C)c(OCCCS(=O)(=O)O)cc1N=Nc1ccc2cc(S(=O)(=O)O)cc(S(=O)(=O)O)c2c1. The van der Waals surface area contributed by atoms with Gasteiger partial charge in [-0.05, 0) is 79.6 Å². The molecular formula is C30H33N5O14S4. The Bertz CT molecular complexity index is 2560. The zero-order chi connectivity index (χ0) is 39.4. The summed E-state index contributed by atoms with van der Waals surface area (Å²) in [5, 5.41) is 16.8. The molecule has 0 heterocycles. The summed E-state index contributed by atoms with van der Waals surface area (Å²) in [6.45, 7) is 3.10. The average molecular weight is 816 g/mol. The lowest BCUT2D eigenvalue weighted by molar-refractivity contribution is 0.317. The second kappa shape index (κ2) is 16.2. The molecule has 0 aromatic heterocycles. The highest BCUT2D eigenvalue weighted by atomic mass is 32.2. The maximum atomic E-state index is 12.1. The van der Waals surface area contributed by atoms with Gasteiger partial charge in [-0.15, -0.1) is 5.11 Å². The Morgan fingerprint density at radius 1 is 0.604 bits per heavy atom. The molecule has 4 aromatic rings. The number of hydrogen-bond acceptors (Lipinski definition) is 15. The number of anilines is 1. The second-order valence-electron chi connectivity index (χ2n) is 11.4. The number of aryl methyl sites for hydroxylation is 2. The summed E-state index contributed by atoms with van der Waals surface area (Å²) in [6.07, 6.45) is -0.101. The van der Waals surface area contributed by atoms with Gasteiger partial charge in [-0.25, -0.2) is 0 Å². The Morgan fingerprint density at radius 2 is 1.13 bits per heavy atom. The molecule has 23 heteroatoms. The van der Waals surface area contributed by atoms with Crippen LogP contribution < -0.4 is 15.2 Å². The van der Waals surface area contributed by atoms with Crippen LogP contribution in [0.1, 0.15) is 24.0 Å². The van der Waals surface area contributed by atoms with E-state index in [1.807, 2.05) is 0 Å². The number of rotatable bonds is 16. The van der Waals surface area contributed by atoms with Crippen molar-refractivity contribution in [3.05, 3.63) is 65.7 Å². The molecule has 286 valence electrons. The van der Waals surface area contributed by atoms with E-state index in [1.54, 1.807) is 19.9 Å². The molecule has 0 aliphatic carbocycles. The number of fused-ring (bicyclic) bond motifs is 1. The highest BCUT2D eigenvalue weighted by molar-refractivity contribution is 7.87. The highest BCUT2D eigenvalue weighted by Crippen LogP contribution is 2.39. The minimum Gasteiger partial charge on any atom is -0.491 e. The number of hydrogen-bond donors (Lipinski definition) is 5. The van der Waals surface area contributed by atoms with E-state index in [2.05, 4.69) is 20.5 Å². The van der Waals surface area contributed by atoms with Crippen molar-refractivity contribution in [3.63, 3.8) is 0 Å². The third-order valence-corrected chi connectivity index (χ3v) is 10.5. The van der Waals surface area contributed by atoms with Crippen LogP contribution in [0, 0.1) is 13.8 Å². The van der Waals surface area contributed by atoms with Crippen LogP contribution in [-0.2, 0) is 40.5 Å². The highest BCUT2D eigenvalue weighted by Gasteiger charge is 2.21. The molecule has 19 nitrogen and oxygen atoms in total. The minimum atomic E-state index is -4.96. The molecular weight excluding hydrogens is 783 g/mol. The molecule has 4 aromatic carbocycles. The van der Waals surface area contributed by atoms with Crippen molar-refractivity contribution in [2.45, 2.75) is 36.5 Å². The normalized spacial score (nSPS) is 12.9. The van der Waals surface area contributed by atoms with E-state index in [4.69, 9.17) is 24.3 Å². The molecule has 0 amide bonds. The van der Waals surface area contributed by atoms with Gasteiger partial charge in [0.2, 0.25) is 0 Å². The van der Waals surface area contributed by atoms with E-state index >= 15 is 0 Å². The Hall–Kier alpha value is -4.62. The molecule has 0 atom stereocenters. The van der Waals surface area contributed by atoms with Gasteiger partial charge in [0.05, 0.1) is 52.4 Å². The molecule has 0 radical (unpaired) electrons. The first-order valence-electron chi connectivity index (χ1n) is 15.1. The van der Waals surface area contributed by atoms with Crippen LogP contribution in [0.4, 0.5) is 28.4 Å². The maximum absolute atomic E-state index is 12.1. The zero-order valence-electron chi connectivity index (χ0n) is 27.8. The fraction of sp³-hybridized carbons (Fsp3) is 0.267. The predicted molar refractivity (Wildman–Crippen MR) is 192 cm³/mol. The lowest BCUT2D eigenvalue weighted by Crippen LogP contribution is -2.09. The number of ether oxygens (including phenoxy) is 2. The summed E-state index contributed by atoms with van der Waals surface area (Å²) in [5.41, 5.74) is 8.13. The van der Waals surface area contributed by atoms with Crippen molar-refractivity contribution in [1.29, 1.82) is 0 Å². The van der Waals surface area contributed by atoms with Gasteiger partial charge in [-0.3, -0.25) is 18.2 Å². The number of azo groups is 2. The van der Waals surface area contributed by atoms with Gasteiger partial charge in [0.25, 0.3) is 40.5 Å². The van der Waals surface area contributed by atoms with Gasteiger partial charge in [0.15, 0.2) is 0 Å². The van der Waals surface area contributed by atoms with Crippen molar-refractivity contribution >= 4 is 79.7 Å². The monoisotopic (exact) mass is 815 g/mol. The van der Waals surface area contributed by atoms with Crippen molar-refractivity contribution in [3.8, 4) is 11.5 Å². The lowest BCUT2D eigenvalue weighted by Gasteiger charge is -2.12.